The van der Waals surface area contributed by atoms with Gasteiger partial charge in [0.15, 0.2) is 0 Å². The fourth-order valence-electron chi connectivity index (χ4n) is 2.18. The summed E-state index contributed by atoms with van der Waals surface area (Å²) in [6, 6.07) is 5.85. The highest BCUT2D eigenvalue weighted by atomic mass is 32.1. The molecule has 102 valence electrons. The van der Waals surface area contributed by atoms with Gasteiger partial charge < -0.3 is 10.1 Å². The van der Waals surface area contributed by atoms with E-state index in [0.29, 0.717) is 0 Å². The fraction of sp³-hybridized carbons (Fsp3) is 0.200. The quantitative estimate of drug-likeness (QED) is 0.773. The van der Waals surface area contributed by atoms with E-state index >= 15 is 0 Å². The SMILES string of the molecule is CCc1[nH]c(-c2sccc2CO)nc1-c1cccnc1. The molecular weight excluding hydrogens is 270 g/mol. The first-order chi connectivity index (χ1) is 9.83. The van der Waals surface area contributed by atoms with Gasteiger partial charge in [-0.15, -0.1) is 11.3 Å². The van der Waals surface area contributed by atoms with Crippen molar-refractivity contribution >= 4 is 11.3 Å². The van der Waals surface area contributed by atoms with Crippen LogP contribution in [0.4, 0.5) is 0 Å². The van der Waals surface area contributed by atoms with Crippen molar-refractivity contribution in [1.82, 2.24) is 15.0 Å². The first kappa shape index (κ1) is 13.0. The van der Waals surface area contributed by atoms with Crippen molar-refractivity contribution in [3.8, 4) is 22.0 Å². The Kier molecular flexibility index (Phi) is 3.62. The summed E-state index contributed by atoms with van der Waals surface area (Å²) in [6.45, 7) is 2.13. The van der Waals surface area contributed by atoms with Gasteiger partial charge in [-0.1, -0.05) is 6.92 Å². The molecule has 0 radical (unpaired) electrons. The van der Waals surface area contributed by atoms with Gasteiger partial charge in [0.2, 0.25) is 0 Å². The number of imidazole rings is 1. The van der Waals surface area contributed by atoms with Crippen LogP contribution in [0, 0.1) is 0 Å². The third-order valence-electron chi connectivity index (χ3n) is 3.20. The molecule has 3 heterocycles. The maximum absolute atomic E-state index is 9.37. The molecule has 2 N–H and O–H groups in total. The van der Waals surface area contributed by atoms with Crippen molar-refractivity contribution in [2.75, 3.05) is 0 Å². The molecular formula is C15H15N3OS. The standard InChI is InChI=1S/C15H15N3OS/c1-2-12-13(10-4-3-6-16-8-10)18-15(17-12)14-11(9-19)5-7-20-14/h3-8,19H,2,9H2,1H3,(H,17,18). The Morgan fingerprint density at radius 3 is 2.95 bits per heavy atom. The van der Waals surface area contributed by atoms with Crippen molar-refractivity contribution < 1.29 is 5.11 Å². The number of hydrogen-bond donors (Lipinski definition) is 2. The Morgan fingerprint density at radius 2 is 2.25 bits per heavy atom. The van der Waals surface area contributed by atoms with Gasteiger partial charge in [0, 0.05) is 23.7 Å². The maximum Gasteiger partial charge on any atom is 0.148 e. The number of aliphatic hydroxyl groups excluding tert-OH is 1. The Hall–Kier alpha value is -1.98. The molecule has 0 aliphatic rings. The van der Waals surface area contributed by atoms with Gasteiger partial charge in [0.1, 0.15) is 5.82 Å². The van der Waals surface area contributed by atoms with Crippen LogP contribution in [0.2, 0.25) is 0 Å². The second-order valence-corrected chi connectivity index (χ2v) is 5.36. The molecule has 0 saturated heterocycles. The van der Waals surface area contributed by atoms with Crippen LogP contribution >= 0.6 is 11.3 Å². The summed E-state index contributed by atoms with van der Waals surface area (Å²) in [5.74, 6) is 0.819. The number of pyridine rings is 1. The first-order valence-electron chi connectivity index (χ1n) is 6.50. The van der Waals surface area contributed by atoms with Crippen molar-refractivity contribution in [2.24, 2.45) is 0 Å². The van der Waals surface area contributed by atoms with E-state index in [4.69, 9.17) is 4.98 Å². The zero-order valence-electron chi connectivity index (χ0n) is 11.1. The molecule has 4 nitrogen and oxygen atoms in total. The monoisotopic (exact) mass is 285 g/mol. The van der Waals surface area contributed by atoms with E-state index in [1.54, 1.807) is 17.5 Å². The lowest BCUT2D eigenvalue weighted by Crippen LogP contribution is -1.86. The molecule has 0 atom stereocenters. The molecule has 0 fully saturated rings. The van der Waals surface area contributed by atoms with Gasteiger partial charge in [-0.2, -0.15) is 0 Å². The highest BCUT2D eigenvalue weighted by molar-refractivity contribution is 7.13. The van der Waals surface area contributed by atoms with Crippen molar-refractivity contribution in [2.45, 2.75) is 20.0 Å². The van der Waals surface area contributed by atoms with E-state index in [0.717, 1.165) is 39.6 Å². The minimum absolute atomic E-state index is 0.0310. The number of aromatic amines is 1. The lowest BCUT2D eigenvalue weighted by Gasteiger charge is -1.98. The number of aliphatic hydroxyl groups is 1. The normalized spacial score (nSPS) is 10.9. The molecule has 3 aromatic rings. The van der Waals surface area contributed by atoms with Gasteiger partial charge in [0.05, 0.1) is 17.2 Å². The first-order valence-corrected chi connectivity index (χ1v) is 7.38. The molecule has 0 aromatic carbocycles. The van der Waals surface area contributed by atoms with E-state index in [1.807, 2.05) is 29.8 Å². The number of nitrogens with zero attached hydrogens (tertiary/aromatic N) is 2. The number of thiophene rings is 1. The number of aromatic nitrogens is 3. The number of H-pyrrole nitrogens is 1. The molecule has 0 bridgehead atoms. The molecule has 0 aliphatic carbocycles. The highest BCUT2D eigenvalue weighted by Crippen LogP contribution is 2.31. The van der Waals surface area contributed by atoms with Crippen LogP contribution in [0.25, 0.3) is 22.0 Å². The molecule has 5 heteroatoms. The topological polar surface area (TPSA) is 61.8 Å². The lowest BCUT2D eigenvalue weighted by atomic mass is 10.1. The van der Waals surface area contributed by atoms with Crippen molar-refractivity contribution in [3.05, 3.63) is 47.2 Å². The number of nitrogens with one attached hydrogen (secondary N) is 1. The number of aryl methyl sites for hydroxylation is 1. The second kappa shape index (κ2) is 5.56. The summed E-state index contributed by atoms with van der Waals surface area (Å²) in [7, 11) is 0. The van der Waals surface area contributed by atoms with E-state index in [-0.39, 0.29) is 6.61 Å². The summed E-state index contributed by atoms with van der Waals surface area (Å²) in [5, 5.41) is 11.3. The lowest BCUT2D eigenvalue weighted by molar-refractivity contribution is 0.283. The molecule has 20 heavy (non-hydrogen) atoms. The van der Waals surface area contributed by atoms with Gasteiger partial charge in [0.25, 0.3) is 0 Å². The van der Waals surface area contributed by atoms with Crippen molar-refractivity contribution in [1.29, 1.82) is 0 Å². The predicted molar refractivity (Wildman–Crippen MR) is 80.4 cm³/mol. The molecule has 0 aliphatic heterocycles. The number of rotatable bonds is 4. The molecule has 0 amide bonds. The summed E-state index contributed by atoms with van der Waals surface area (Å²) < 4.78 is 0. The van der Waals surface area contributed by atoms with E-state index in [9.17, 15) is 5.11 Å². The average molecular weight is 285 g/mol. The second-order valence-electron chi connectivity index (χ2n) is 4.44. The Labute approximate surface area is 121 Å². The van der Waals surface area contributed by atoms with Crippen LogP contribution in [0.15, 0.2) is 36.0 Å². The smallest absolute Gasteiger partial charge is 0.148 e. The maximum atomic E-state index is 9.37. The van der Waals surface area contributed by atoms with Crippen LogP contribution < -0.4 is 0 Å². The zero-order valence-corrected chi connectivity index (χ0v) is 11.9. The largest absolute Gasteiger partial charge is 0.392 e. The van der Waals surface area contributed by atoms with E-state index in [1.165, 1.54) is 0 Å². The van der Waals surface area contributed by atoms with E-state index < -0.39 is 0 Å². The summed E-state index contributed by atoms with van der Waals surface area (Å²) >= 11 is 1.59. The Morgan fingerprint density at radius 1 is 1.35 bits per heavy atom. The zero-order chi connectivity index (χ0) is 13.9. The van der Waals surface area contributed by atoms with Crippen LogP contribution in [-0.2, 0) is 13.0 Å². The minimum Gasteiger partial charge on any atom is -0.392 e. The number of hydrogen-bond acceptors (Lipinski definition) is 4. The van der Waals surface area contributed by atoms with Crippen LogP contribution in [0.1, 0.15) is 18.2 Å². The van der Waals surface area contributed by atoms with Crippen molar-refractivity contribution in [3.63, 3.8) is 0 Å². The van der Waals surface area contributed by atoms with E-state index in [2.05, 4.69) is 16.9 Å². The third-order valence-corrected chi connectivity index (χ3v) is 4.16. The molecule has 0 spiro atoms. The van der Waals surface area contributed by atoms with Crippen LogP contribution in [0.5, 0.6) is 0 Å². The molecule has 0 saturated carbocycles. The van der Waals surface area contributed by atoms with Gasteiger partial charge in [-0.25, -0.2) is 4.98 Å². The summed E-state index contributed by atoms with van der Waals surface area (Å²) in [6.07, 6.45) is 4.45. The van der Waals surface area contributed by atoms with Crippen LogP contribution in [-0.4, -0.2) is 20.1 Å². The minimum atomic E-state index is 0.0310. The third kappa shape index (κ3) is 2.26. The van der Waals surface area contributed by atoms with Gasteiger partial charge in [-0.05, 0) is 35.6 Å². The predicted octanol–water partition coefficient (Wildman–Crippen LogP) is 3.25. The molecule has 3 aromatic heterocycles. The summed E-state index contributed by atoms with van der Waals surface area (Å²) in [5.41, 5.74) is 3.94. The Balaban J connectivity index is 2.10. The van der Waals surface area contributed by atoms with Gasteiger partial charge >= 0.3 is 0 Å². The Bertz CT molecular complexity index is 703. The average Bonchev–Trinajstić information content (AvgIpc) is 3.13. The fourth-order valence-corrected chi connectivity index (χ4v) is 3.04. The molecule has 0 unspecified atom stereocenters. The molecule has 3 rings (SSSR count). The summed E-state index contributed by atoms with van der Waals surface area (Å²) in [4.78, 5) is 13.2. The van der Waals surface area contributed by atoms with Crippen LogP contribution in [0.3, 0.4) is 0 Å². The van der Waals surface area contributed by atoms with Gasteiger partial charge in [-0.3, -0.25) is 4.98 Å². The highest BCUT2D eigenvalue weighted by Gasteiger charge is 2.15.